The number of nitrogens with one attached hydrogen (secondary N) is 1. The Morgan fingerprint density at radius 2 is 1.72 bits per heavy atom. The molecule has 0 aliphatic heterocycles. The molecule has 2 rings (SSSR count). The van der Waals surface area contributed by atoms with Gasteiger partial charge in [-0.25, -0.2) is 9.97 Å². The zero-order chi connectivity index (χ0) is 18.9. The molecule has 2 aromatic rings. The standard InChI is InChI=1S/C18H26N4O2S/c1-9(2)22(10(3)4)17(24)13(7)25-18-20-15-14(16(23)21-18)11(5)8-12(6)19-15/h8-10,13H,1-7H3,(H,19,20,21,23). The minimum Gasteiger partial charge on any atom is -0.337 e. The Hall–Kier alpha value is -1.89. The van der Waals surface area contributed by atoms with Crippen LogP contribution >= 0.6 is 11.8 Å². The van der Waals surface area contributed by atoms with Crippen LogP contribution in [0.1, 0.15) is 45.9 Å². The van der Waals surface area contributed by atoms with Gasteiger partial charge in [-0.1, -0.05) is 11.8 Å². The van der Waals surface area contributed by atoms with Crippen LogP contribution in [0.4, 0.5) is 0 Å². The van der Waals surface area contributed by atoms with Crippen LogP contribution in [0.2, 0.25) is 0 Å². The Morgan fingerprint density at radius 1 is 1.12 bits per heavy atom. The normalized spacial score (nSPS) is 12.8. The molecule has 2 heterocycles. The predicted octanol–water partition coefficient (Wildman–Crippen LogP) is 3.06. The minimum absolute atomic E-state index is 0.0335. The number of carbonyl (C=O) groups is 1. The lowest BCUT2D eigenvalue weighted by atomic mass is 10.2. The van der Waals surface area contributed by atoms with Gasteiger partial charge in [0, 0.05) is 17.8 Å². The molecule has 0 bridgehead atoms. The van der Waals surface area contributed by atoms with E-state index in [0.29, 0.717) is 16.2 Å². The fourth-order valence-corrected chi connectivity index (χ4v) is 3.90. The molecule has 0 saturated carbocycles. The van der Waals surface area contributed by atoms with Crippen molar-refractivity contribution in [2.75, 3.05) is 0 Å². The van der Waals surface area contributed by atoms with E-state index >= 15 is 0 Å². The molecular weight excluding hydrogens is 336 g/mol. The van der Waals surface area contributed by atoms with Crippen molar-refractivity contribution in [3.8, 4) is 0 Å². The number of aromatic amines is 1. The summed E-state index contributed by atoms with van der Waals surface area (Å²) >= 11 is 1.26. The van der Waals surface area contributed by atoms with E-state index in [9.17, 15) is 9.59 Å². The largest absolute Gasteiger partial charge is 0.337 e. The van der Waals surface area contributed by atoms with Crippen LogP contribution in [0.15, 0.2) is 16.0 Å². The molecule has 7 heteroatoms. The molecule has 0 saturated heterocycles. The summed E-state index contributed by atoms with van der Waals surface area (Å²) < 4.78 is 0. The van der Waals surface area contributed by atoms with Crippen LogP contribution in [0, 0.1) is 13.8 Å². The van der Waals surface area contributed by atoms with Crippen molar-refractivity contribution in [3.05, 3.63) is 27.7 Å². The molecule has 0 aromatic carbocycles. The summed E-state index contributed by atoms with van der Waals surface area (Å²) in [6, 6.07) is 2.10. The van der Waals surface area contributed by atoms with Crippen molar-refractivity contribution in [1.82, 2.24) is 19.9 Å². The quantitative estimate of drug-likeness (QED) is 0.653. The van der Waals surface area contributed by atoms with E-state index < -0.39 is 0 Å². The summed E-state index contributed by atoms with van der Waals surface area (Å²) in [7, 11) is 0. The van der Waals surface area contributed by atoms with Gasteiger partial charge in [-0.3, -0.25) is 9.59 Å². The fourth-order valence-electron chi connectivity index (χ4n) is 3.05. The van der Waals surface area contributed by atoms with Gasteiger partial charge in [-0.15, -0.1) is 0 Å². The molecule has 1 unspecified atom stereocenters. The SMILES string of the molecule is Cc1cc(C)c2c(=O)[nH]c(SC(C)C(=O)N(C(C)C)C(C)C)nc2n1. The first-order valence-electron chi connectivity index (χ1n) is 8.49. The van der Waals surface area contributed by atoms with Gasteiger partial charge in [0.05, 0.1) is 10.6 Å². The molecule has 0 radical (unpaired) electrons. The number of rotatable bonds is 5. The van der Waals surface area contributed by atoms with Crippen molar-refractivity contribution in [3.63, 3.8) is 0 Å². The van der Waals surface area contributed by atoms with Crippen molar-refractivity contribution in [1.29, 1.82) is 0 Å². The third-order valence-corrected chi connectivity index (χ3v) is 4.96. The molecule has 1 amide bonds. The summed E-state index contributed by atoms with van der Waals surface area (Å²) in [5.74, 6) is 0.0335. The molecule has 2 aromatic heterocycles. The van der Waals surface area contributed by atoms with Gasteiger partial charge in [0.25, 0.3) is 5.56 Å². The second kappa shape index (κ2) is 7.56. The lowest BCUT2D eigenvalue weighted by Gasteiger charge is -2.32. The highest BCUT2D eigenvalue weighted by Gasteiger charge is 2.26. The van der Waals surface area contributed by atoms with Crippen molar-refractivity contribution in [2.24, 2.45) is 0 Å². The summed E-state index contributed by atoms with van der Waals surface area (Å²) in [6.07, 6.45) is 0. The van der Waals surface area contributed by atoms with Crippen LogP contribution in [-0.2, 0) is 4.79 Å². The van der Waals surface area contributed by atoms with E-state index in [4.69, 9.17) is 0 Å². The lowest BCUT2D eigenvalue weighted by Crippen LogP contribution is -2.45. The summed E-state index contributed by atoms with van der Waals surface area (Å²) in [4.78, 5) is 38.6. The number of fused-ring (bicyclic) bond motifs is 1. The lowest BCUT2D eigenvalue weighted by molar-refractivity contribution is -0.133. The number of hydrogen-bond donors (Lipinski definition) is 1. The number of aryl methyl sites for hydroxylation is 2. The minimum atomic E-state index is -0.351. The summed E-state index contributed by atoms with van der Waals surface area (Å²) in [6.45, 7) is 13.6. The Bertz CT molecular complexity index is 837. The second-order valence-electron chi connectivity index (χ2n) is 6.84. The zero-order valence-electron chi connectivity index (χ0n) is 15.9. The number of nitrogens with zero attached hydrogens (tertiary/aromatic N) is 3. The maximum absolute atomic E-state index is 12.8. The molecule has 0 fully saturated rings. The smallest absolute Gasteiger partial charge is 0.261 e. The molecule has 0 aliphatic carbocycles. The van der Waals surface area contributed by atoms with Crippen molar-refractivity contribution >= 4 is 28.7 Å². The van der Waals surface area contributed by atoms with E-state index in [1.807, 2.05) is 59.4 Å². The monoisotopic (exact) mass is 362 g/mol. The first kappa shape index (κ1) is 19.4. The van der Waals surface area contributed by atoms with Crippen LogP contribution in [-0.4, -0.2) is 43.1 Å². The first-order chi connectivity index (χ1) is 11.6. The van der Waals surface area contributed by atoms with Crippen molar-refractivity contribution < 1.29 is 4.79 Å². The Morgan fingerprint density at radius 3 is 2.28 bits per heavy atom. The van der Waals surface area contributed by atoms with Gasteiger partial charge >= 0.3 is 0 Å². The Labute approximate surface area is 152 Å². The van der Waals surface area contributed by atoms with Gasteiger partial charge in [0.1, 0.15) is 0 Å². The number of H-pyrrole nitrogens is 1. The second-order valence-corrected chi connectivity index (χ2v) is 8.17. The number of hydrogen-bond acceptors (Lipinski definition) is 5. The molecule has 0 spiro atoms. The summed E-state index contributed by atoms with van der Waals surface area (Å²) in [5.41, 5.74) is 1.87. The fraction of sp³-hybridized carbons (Fsp3) is 0.556. The molecular formula is C18H26N4O2S. The number of thioether (sulfide) groups is 1. The van der Waals surface area contributed by atoms with Crippen LogP contribution in [0.5, 0.6) is 0 Å². The van der Waals surface area contributed by atoms with Gasteiger partial charge in [0.15, 0.2) is 10.8 Å². The third kappa shape index (κ3) is 4.21. The topological polar surface area (TPSA) is 79.0 Å². The van der Waals surface area contributed by atoms with Gasteiger partial charge in [-0.2, -0.15) is 0 Å². The number of aromatic nitrogens is 3. The average molecular weight is 362 g/mol. The number of carbonyl (C=O) groups excluding carboxylic acids is 1. The Balaban J connectivity index is 2.34. The highest BCUT2D eigenvalue weighted by atomic mass is 32.2. The highest BCUT2D eigenvalue weighted by Crippen LogP contribution is 2.23. The molecule has 6 nitrogen and oxygen atoms in total. The third-order valence-electron chi connectivity index (χ3n) is 3.98. The summed E-state index contributed by atoms with van der Waals surface area (Å²) in [5, 5.41) is 0.569. The van der Waals surface area contributed by atoms with Crippen LogP contribution in [0.3, 0.4) is 0 Å². The first-order valence-corrected chi connectivity index (χ1v) is 9.36. The van der Waals surface area contributed by atoms with Crippen molar-refractivity contribution in [2.45, 2.75) is 71.0 Å². The number of amides is 1. The van der Waals surface area contributed by atoms with E-state index in [0.717, 1.165) is 11.3 Å². The predicted molar refractivity (Wildman–Crippen MR) is 102 cm³/mol. The van der Waals surface area contributed by atoms with Gasteiger partial charge in [-0.05, 0) is 60.1 Å². The van der Waals surface area contributed by atoms with Gasteiger partial charge in [0.2, 0.25) is 5.91 Å². The maximum atomic E-state index is 12.8. The van der Waals surface area contributed by atoms with E-state index in [1.165, 1.54) is 11.8 Å². The molecule has 136 valence electrons. The van der Waals surface area contributed by atoms with E-state index in [-0.39, 0.29) is 28.8 Å². The van der Waals surface area contributed by atoms with Crippen LogP contribution < -0.4 is 5.56 Å². The molecule has 25 heavy (non-hydrogen) atoms. The average Bonchev–Trinajstić information content (AvgIpc) is 2.44. The van der Waals surface area contributed by atoms with Crippen LogP contribution in [0.25, 0.3) is 11.0 Å². The van der Waals surface area contributed by atoms with E-state index in [1.54, 1.807) is 0 Å². The number of pyridine rings is 1. The highest BCUT2D eigenvalue weighted by molar-refractivity contribution is 8.00. The van der Waals surface area contributed by atoms with Gasteiger partial charge < -0.3 is 9.88 Å². The molecule has 0 aliphatic rings. The maximum Gasteiger partial charge on any atom is 0.261 e. The van der Waals surface area contributed by atoms with E-state index in [2.05, 4.69) is 15.0 Å². The molecule has 1 N–H and O–H groups in total. The zero-order valence-corrected chi connectivity index (χ0v) is 16.7. The molecule has 1 atom stereocenters. The Kier molecular flexibility index (Phi) is 5.87.